The Labute approximate surface area is 158 Å². The van der Waals surface area contributed by atoms with Crippen LogP contribution >= 0.6 is 0 Å². The van der Waals surface area contributed by atoms with Crippen molar-refractivity contribution in [3.8, 4) is 11.5 Å². The van der Waals surface area contributed by atoms with Gasteiger partial charge in [0.05, 0.1) is 6.61 Å². The fourth-order valence-corrected chi connectivity index (χ4v) is 3.51. The van der Waals surface area contributed by atoms with E-state index in [1.165, 1.54) is 36.1 Å². The van der Waals surface area contributed by atoms with Gasteiger partial charge in [-0.1, -0.05) is 25.8 Å². The number of ether oxygens (including phenoxy) is 2. The summed E-state index contributed by atoms with van der Waals surface area (Å²) in [5.41, 5.74) is 1.17. The second kappa shape index (κ2) is 9.81. The fourth-order valence-electron chi connectivity index (χ4n) is 3.51. The van der Waals surface area contributed by atoms with Gasteiger partial charge in [-0.05, 0) is 50.3 Å². The van der Waals surface area contributed by atoms with Crippen molar-refractivity contribution in [2.75, 3.05) is 20.7 Å². The number of hydrogen-bond donors (Lipinski definition) is 1. The monoisotopic (exact) mass is 362 g/mol. The Morgan fingerprint density at radius 2 is 2.08 bits per heavy atom. The van der Waals surface area contributed by atoms with E-state index in [0.717, 1.165) is 12.5 Å². The Morgan fingerprint density at radius 3 is 2.73 bits per heavy atom. The zero-order valence-corrected chi connectivity index (χ0v) is 16.9. The molecule has 0 bridgehead atoms. The average Bonchev–Trinajstić information content (AvgIpc) is 2.61. The van der Waals surface area contributed by atoms with Crippen LogP contribution in [0.4, 0.5) is 0 Å². The van der Waals surface area contributed by atoms with E-state index in [2.05, 4.69) is 12.2 Å². The quantitative estimate of drug-likeness (QED) is 0.767. The Balaban J connectivity index is 2.01. The van der Waals surface area contributed by atoms with Crippen molar-refractivity contribution < 1.29 is 14.3 Å². The van der Waals surface area contributed by atoms with Crippen molar-refractivity contribution >= 4 is 5.91 Å². The van der Waals surface area contributed by atoms with Gasteiger partial charge in [0, 0.05) is 26.7 Å². The van der Waals surface area contributed by atoms with Crippen molar-refractivity contribution in [3.63, 3.8) is 0 Å². The smallest absolute Gasteiger partial charge is 0.262 e. The molecule has 1 N–H and O–H groups in total. The van der Waals surface area contributed by atoms with Crippen LogP contribution in [0.1, 0.15) is 52.0 Å². The molecule has 5 heteroatoms. The average molecular weight is 363 g/mol. The fraction of sp³-hybridized carbons (Fsp3) is 0.667. The third kappa shape index (κ3) is 5.90. The van der Waals surface area contributed by atoms with E-state index in [4.69, 9.17) is 9.47 Å². The van der Waals surface area contributed by atoms with Crippen LogP contribution in [-0.2, 0) is 11.3 Å². The summed E-state index contributed by atoms with van der Waals surface area (Å²) in [5.74, 6) is 2.06. The lowest BCUT2D eigenvalue weighted by molar-refractivity contribution is -0.135. The van der Waals surface area contributed by atoms with Crippen molar-refractivity contribution in [3.05, 3.63) is 23.8 Å². The van der Waals surface area contributed by atoms with E-state index in [1.54, 1.807) is 21.0 Å². The van der Waals surface area contributed by atoms with Crippen LogP contribution < -0.4 is 14.8 Å². The molecular formula is C21H34N2O3. The number of benzene rings is 1. The van der Waals surface area contributed by atoms with Gasteiger partial charge in [-0.2, -0.15) is 0 Å². The Hall–Kier alpha value is -1.75. The number of hydrogen-bond acceptors (Lipinski definition) is 4. The SMILES string of the molecule is CCOc1cc(CNC2CCCC(C)C2)ccc1OC(C)C(=O)N(C)C. The van der Waals surface area contributed by atoms with Crippen molar-refractivity contribution in [2.45, 2.75) is 65.1 Å². The summed E-state index contributed by atoms with van der Waals surface area (Å²) in [6, 6.07) is 6.57. The number of amides is 1. The summed E-state index contributed by atoms with van der Waals surface area (Å²) in [5, 5.41) is 3.67. The minimum Gasteiger partial charge on any atom is -0.490 e. The summed E-state index contributed by atoms with van der Waals surface area (Å²) in [6.45, 7) is 7.43. The van der Waals surface area contributed by atoms with Crippen LogP contribution in [0, 0.1) is 5.92 Å². The van der Waals surface area contributed by atoms with Gasteiger partial charge >= 0.3 is 0 Å². The largest absolute Gasteiger partial charge is 0.490 e. The van der Waals surface area contributed by atoms with Gasteiger partial charge < -0.3 is 19.7 Å². The van der Waals surface area contributed by atoms with Crippen LogP contribution in [0.3, 0.4) is 0 Å². The first kappa shape index (κ1) is 20.6. The van der Waals surface area contributed by atoms with Gasteiger partial charge in [-0.25, -0.2) is 0 Å². The molecular weight excluding hydrogens is 328 g/mol. The van der Waals surface area contributed by atoms with Crippen LogP contribution in [0.25, 0.3) is 0 Å². The maximum absolute atomic E-state index is 12.0. The zero-order chi connectivity index (χ0) is 19.1. The number of carbonyl (C=O) groups excluding carboxylic acids is 1. The number of carbonyl (C=O) groups is 1. The van der Waals surface area contributed by atoms with Crippen LogP contribution in [-0.4, -0.2) is 43.7 Å². The lowest BCUT2D eigenvalue weighted by atomic mass is 9.87. The molecule has 1 saturated carbocycles. The molecule has 1 fully saturated rings. The summed E-state index contributed by atoms with van der Waals surface area (Å²) in [4.78, 5) is 13.6. The molecule has 26 heavy (non-hydrogen) atoms. The highest BCUT2D eigenvalue weighted by Crippen LogP contribution is 2.30. The third-order valence-corrected chi connectivity index (χ3v) is 4.93. The first-order chi connectivity index (χ1) is 12.4. The third-order valence-electron chi connectivity index (χ3n) is 4.93. The van der Waals surface area contributed by atoms with Gasteiger partial charge in [0.15, 0.2) is 17.6 Å². The zero-order valence-electron chi connectivity index (χ0n) is 16.9. The lowest BCUT2D eigenvalue weighted by Gasteiger charge is -2.27. The van der Waals surface area contributed by atoms with Gasteiger partial charge in [0.1, 0.15) is 0 Å². The molecule has 146 valence electrons. The van der Waals surface area contributed by atoms with Crippen LogP contribution in [0.5, 0.6) is 11.5 Å². The number of nitrogens with zero attached hydrogens (tertiary/aromatic N) is 1. The van der Waals surface area contributed by atoms with Crippen molar-refractivity contribution in [2.24, 2.45) is 5.92 Å². The Kier molecular flexibility index (Phi) is 7.76. The van der Waals surface area contributed by atoms with Gasteiger partial charge in [-0.3, -0.25) is 4.79 Å². The molecule has 1 aliphatic rings. The summed E-state index contributed by atoms with van der Waals surface area (Å²) >= 11 is 0. The molecule has 0 spiro atoms. The lowest BCUT2D eigenvalue weighted by Crippen LogP contribution is -2.35. The molecule has 0 aromatic heterocycles. The minimum atomic E-state index is -0.545. The topological polar surface area (TPSA) is 50.8 Å². The van der Waals surface area contributed by atoms with Crippen LogP contribution in [0.15, 0.2) is 18.2 Å². The standard InChI is InChI=1S/C21H34N2O3/c1-6-25-20-13-17(14-22-18-9-7-8-15(2)12-18)10-11-19(20)26-16(3)21(24)23(4)5/h10-11,13,15-16,18,22H,6-9,12,14H2,1-5H3. The van der Waals surface area contributed by atoms with Gasteiger partial charge in [-0.15, -0.1) is 0 Å². The van der Waals surface area contributed by atoms with Gasteiger partial charge in [0.2, 0.25) is 0 Å². The summed E-state index contributed by atoms with van der Waals surface area (Å²) in [7, 11) is 3.46. The highest BCUT2D eigenvalue weighted by atomic mass is 16.5. The molecule has 0 aliphatic heterocycles. The molecule has 1 amide bonds. The van der Waals surface area contributed by atoms with Crippen LogP contribution in [0.2, 0.25) is 0 Å². The first-order valence-corrected chi connectivity index (χ1v) is 9.77. The second-order valence-corrected chi connectivity index (χ2v) is 7.56. The van der Waals surface area contributed by atoms with E-state index in [1.807, 2.05) is 25.1 Å². The number of nitrogens with one attached hydrogen (secondary N) is 1. The maximum Gasteiger partial charge on any atom is 0.262 e. The molecule has 0 radical (unpaired) electrons. The number of rotatable bonds is 8. The Morgan fingerprint density at radius 1 is 1.31 bits per heavy atom. The first-order valence-electron chi connectivity index (χ1n) is 9.77. The maximum atomic E-state index is 12.0. The summed E-state index contributed by atoms with van der Waals surface area (Å²) < 4.78 is 11.6. The predicted octanol–water partition coefficient (Wildman–Crippen LogP) is 3.61. The minimum absolute atomic E-state index is 0.0652. The van der Waals surface area contributed by atoms with Gasteiger partial charge in [0.25, 0.3) is 5.91 Å². The molecule has 1 aliphatic carbocycles. The molecule has 5 nitrogen and oxygen atoms in total. The van der Waals surface area contributed by atoms with E-state index >= 15 is 0 Å². The Bertz CT molecular complexity index is 589. The van der Waals surface area contributed by atoms with E-state index in [-0.39, 0.29) is 5.91 Å². The number of likely N-dealkylation sites (N-methyl/N-ethyl adjacent to an activating group) is 1. The normalized spacial score (nSPS) is 21.1. The van der Waals surface area contributed by atoms with E-state index in [9.17, 15) is 4.79 Å². The van der Waals surface area contributed by atoms with Crippen molar-refractivity contribution in [1.29, 1.82) is 0 Å². The molecule has 3 atom stereocenters. The highest BCUT2D eigenvalue weighted by Gasteiger charge is 2.20. The second-order valence-electron chi connectivity index (χ2n) is 7.56. The molecule has 1 aromatic carbocycles. The molecule has 2 rings (SSSR count). The molecule has 0 saturated heterocycles. The summed E-state index contributed by atoms with van der Waals surface area (Å²) in [6.07, 6.45) is 4.63. The predicted molar refractivity (Wildman–Crippen MR) is 105 cm³/mol. The van der Waals surface area contributed by atoms with E-state index < -0.39 is 6.10 Å². The van der Waals surface area contributed by atoms with Crippen molar-refractivity contribution in [1.82, 2.24) is 10.2 Å². The highest BCUT2D eigenvalue weighted by molar-refractivity contribution is 5.80. The molecule has 0 heterocycles. The molecule has 3 unspecified atom stereocenters. The molecule has 1 aromatic rings. The van der Waals surface area contributed by atoms with E-state index in [0.29, 0.717) is 24.1 Å².